The van der Waals surface area contributed by atoms with Crippen LogP contribution in [-0.2, 0) is 0 Å². The first-order valence-electron chi connectivity index (χ1n) is 9.08. The maximum absolute atomic E-state index is 13.2. The molecule has 6 heteroatoms. The molecular weight excluding hydrogens is 328 g/mol. The van der Waals surface area contributed by atoms with Crippen LogP contribution in [-0.4, -0.2) is 38.5 Å². The van der Waals surface area contributed by atoms with Crippen LogP contribution < -0.4 is 5.69 Å². The van der Waals surface area contributed by atoms with Crippen LogP contribution in [0.2, 0.25) is 0 Å². The van der Waals surface area contributed by atoms with E-state index in [0.29, 0.717) is 17.1 Å². The Labute approximate surface area is 150 Å². The molecule has 1 saturated heterocycles. The van der Waals surface area contributed by atoms with Crippen molar-refractivity contribution in [2.45, 2.75) is 25.2 Å². The Bertz CT molecular complexity index is 1030. The number of hydrogen-bond acceptors (Lipinski definition) is 3. The lowest BCUT2D eigenvalue weighted by Crippen LogP contribution is -2.37. The normalized spacial score (nSPS) is 21.2. The SMILES string of the molecule is O=C(c1cccn2c(=O)[nH]nc12)N1CC(c2ccccc2)C2(CCC2)C1. The van der Waals surface area contributed by atoms with Crippen molar-refractivity contribution in [3.05, 3.63) is 70.3 Å². The highest BCUT2D eigenvalue weighted by Gasteiger charge is 2.52. The number of pyridine rings is 1. The summed E-state index contributed by atoms with van der Waals surface area (Å²) >= 11 is 0. The molecule has 6 nitrogen and oxygen atoms in total. The standard InChI is InChI=1S/C20H20N4O2/c25-18(15-8-4-11-24-17(15)21-22-19(24)26)23-12-16(14-6-2-1-3-7-14)20(13-23)9-5-10-20/h1-4,6-8,11,16H,5,9-10,12-13H2,(H,22,26). The summed E-state index contributed by atoms with van der Waals surface area (Å²) in [5.41, 5.74) is 2.07. The van der Waals surface area contributed by atoms with Crippen LogP contribution >= 0.6 is 0 Å². The van der Waals surface area contributed by atoms with Crippen molar-refractivity contribution in [3.8, 4) is 0 Å². The third-order valence-corrected chi connectivity index (χ3v) is 6.16. The number of nitrogens with zero attached hydrogens (tertiary/aromatic N) is 3. The zero-order valence-corrected chi connectivity index (χ0v) is 14.4. The molecule has 1 saturated carbocycles. The summed E-state index contributed by atoms with van der Waals surface area (Å²) in [7, 11) is 0. The number of fused-ring (bicyclic) bond motifs is 1. The van der Waals surface area contributed by atoms with Gasteiger partial charge in [0.05, 0.1) is 5.56 Å². The monoisotopic (exact) mass is 348 g/mol. The van der Waals surface area contributed by atoms with Crippen molar-refractivity contribution in [1.82, 2.24) is 19.5 Å². The minimum Gasteiger partial charge on any atom is -0.337 e. The lowest BCUT2D eigenvalue weighted by atomic mass is 9.61. The highest BCUT2D eigenvalue weighted by Crippen LogP contribution is 2.55. The Kier molecular flexibility index (Phi) is 3.29. The number of benzene rings is 1. The molecule has 1 amide bonds. The van der Waals surface area contributed by atoms with Gasteiger partial charge in [-0.25, -0.2) is 14.3 Å². The molecule has 1 aliphatic heterocycles. The van der Waals surface area contributed by atoms with Crippen LogP contribution in [0, 0.1) is 5.41 Å². The summed E-state index contributed by atoms with van der Waals surface area (Å²) in [6.07, 6.45) is 5.20. The van der Waals surface area contributed by atoms with E-state index >= 15 is 0 Å². The number of aromatic nitrogens is 3. The Morgan fingerprint density at radius 2 is 1.96 bits per heavy atom. The van der Waals surface area contributed by atoms with Gasteiger partial charge in [-0.15, -0.1) is 0 Å². The number of H-pyrrole nitrogens is 1. The van der Waals surface area contributed by atoms with Gasteiger partial charge in [0.15, 0.2) is 5.65 Å². The second-order valence-corrected chi connectivity index (χ2v) is 7.51. The van der Waals surface area contributed by atoms with Gasteiger partial charge in [0, 0.05) is 25.2 Å². The molecule has 3 heterocycles. The zero-order chi connectivity index (χ0) is 17.7. The van der Waals surface area contributed by atoms with E-state index in [-0.39, 0.29) is 17.0 Å². The van der Waals surface area contributed by atoms with Gasteiger partial charge in [-0.2, -0.15) is 5.10 Å². The minimum absolute atomic E-state index is 0.0423. The number of carbonyl (C=O) groups excluding carboxylic acids is 1. The van der Waals surface area contributed by atoms with Crippen molar-refractivity contribution in [3.63, 3.8) is 0 Å². The third kappa shape index (κ3) is 2.14. The molecule has 1 spiro atoms. The van der Waals surface area contributed by atoms with Crippen LogP contribution in [0.5, 0.6) is 0 Å². The molecule has 132 valence electrons. The smallest absolute Gasteiger partial charge is 0.337 e. The summed E-state index contributed by atoms with van der Waals surface area (Å²) in [5, 5.41) is 6.46. The highest BCUT2D eigenvalue weighted by atomic mass is 16.2. The number of likely N-dealkylation sites (tertiary alicyclic amines) is 1. The lowest BCUT2D eigenvalue weighted by Gasteiger charge is -2.43. The molecule has 26 heavy (non-hydrogen) atoms. The highest BCUT2D eigenvalue weighted by molar-refractivity contribution is 6.00. The minimum atomic E-state index is -0.325. The molecule has 2 fully saturated rings. The second-order valence-electron chi connectivity index (χ2n) is 7.51. The van der Waals surface area contributed by atoms with Gasteiger partial charge in [-0.05, 0) is 36.0 Å². The predicted molar refractivity (Wildman–Crippen MR) is 97.2 cm³/mol. The average Bonchev–Trinajstić information content (AvgIpc) is 3.23. The van der Waals surface area contributed by atoms with Gasteiger partial charge in [0.2, 0.25) is 0 Å². The fraction of sp³-hybridized carbons (Fsp3) is 0.350. The summed E-state index contributed by atoms with van der Waals surface area (Å²) < 4.78 is 1.39. The predicted octanol–water partition coefficient (Wildman–Crippen LogP) is 2.43. The lowest BCUT2D eigenvalue weighted by molar-refractivity contribution is 0.0726. The van der Waals surface area contributed by atoms with Crippen molar-refractivity contribution in [2.75, 3.05) is 13.1 Å². The Morgan fingerprint density at radius 3 is 2.69 bits per heavy atom. The number of rotatable bonds is 2. The molecule has 0 bridgehead atoms. The summed E-state index contributed by atoms with van der Waals surface area (Å²) in [6.45, 7) is 1.50. The first kappa shape index (κ1) is 15.4. The van der Waals surface area contributed by atoms with Gasteiger partial charge in [-0.1, -0.05) is 36.8 Å². The molecular formula is C20H20N4O2. The molecule has 2 aliphatic rings. The number of nitrogens with one attached hydrogen (secondary N) is 1. The molecule has 1 atom stereocenters. The molecule has 0 radical (unpaired) electrons. The maximum Gasteiger partial charge on any atom is 0.347 e. The zero-order valence-electron chi connectivity index (χ0n) is 14.4. The van der Waals surface area contributed by atoms with Crippen LogP contribution in [0.4, 0.5) is 0 Å². The van der Waals surface area contributed by atoms with E-state index in [1.54, 1.807) is 18.3 Å². The number of hydrogen-bond donors (Lipinski definition) is 1. The third-order valence-electron chi connectivity index (χ3n) is 6.16. The number of carbonyl (C=O) groups is 1. The molecule has 3 aromatic rings. The second kappa shape index (κ2) is 5.56. The fourth-order valence-electron chi connectivity index (χ4n) is 4.68. The van der Waals surface area contributed by atoms with Crippen LogP contribution in [0.3, 0.4) is 0 Å². The van der Waals surface area contributed by atoms with Crippen molar-refractivity contribution >= 4 is 11.6 Å². The Morgan fingerprint density at radius 1 is 1.15 bits per heavy atom. The van der Waals surface area contributed by atoms with E-state index in [0.717, 1.165) is 13.1 Å². The Balaban J connectivity index is 1.51. The Hall–Kier alpha value is -2.89. The van der Waals surface area contributed by atoms with E-state index in [2.05, 4.69) is 34.5 Å². The van der Waals surface area contributed by atoms with E-state index in [1.165, 1.54) is 29.2 Å². The quantitative estimate of drug-likeness (QED) is 0.773. The maximum atomic E-state index is 13.2. The van der Waals surface area contributed by atoms with Gasteiger partial charge >= 0.3 is 5.69 Å². The molecule has 1 aromatic carbocycles. The fourth-order valence-corrected chi connectivity index (χ4v) is 4.68. The molecule has 1 aliphatic carbocycles. The van der Waals surface area contributed by atoms with E-state index in [4.69, 9.17) is 0 Å². The van der Waals surface area contributed by atoms with Gasteiger partial charge in [0.1, 0.15) is 0 Å². The summed E-state index contributed by atoms with van der Waals surface area (Å²) in [4.78, 5) is 27.0. The first-order valence-corrected chi connectivity index (χ1v) is 9.08. The summed E-state index contributed by atoms with van der Waals surface area (Å²) in [6, 6.07) is 14.0. The molecule has 5 rings (SSSR count). The van der Waals surface area contributed by atoms with E-state index < -0.39 is 0 Å². The largest absolute Gasteiger partial charge is 0.347 e. The molecule has 1 N–H and O–H groups in total. The number of amides is 1. The van der Waals surface area contributed by atoms with Crippen LogP contribution in [0.1, 0.15) is 41.1 Å². The average molecular weight is 348 g/mol. The first-order chi connectivity index (χ1) is 12.7. The van der Waals surface area contributed by atoms with Crippen molar-refractivity contribution < 1.29 is 4.79 Å². The van der Waals surface area contributed by atoms with Gasteiger partial charge < -0.3 is 4.90 Å². The summed E-state index contributed by atoms with van der Waals surface area (Å²) in [5.74, 6) is 0.335. The van der Waals surface area contributed by atoms with Crippen molar-refractivity contribution in [2.24, 2.45) is 5.41 Å². The van der Waals surface area contributed by atoms with Gasteiger partial charge in [0.25, 0.3) is 5.91 Å². The topological polar surface area (TPSA) is 70.5 Å². The van der Waals surface area contributed by atoms with E-state index in [1.807, 2.05) is 11.0 Å². The van der Waals surface area contributed by atoms with Crippen LogP contribution in [0.15, 0.2) is 53.5 Å². The van der Waals surface area contributed by atoms with Crippen molar-refractivity contribution in [1.29, 1.82) is 0 Å². The van der Waals surface area contributed by atoms with Gasteiger partial charge in [-0.3, -0.25) is 4.79 Å². The van der Waals surface area contributed by atoms with E-state index in [9.17, 15) is 9.59 Å². The van der Waals surface area contributed by atoms with Crippen LogP contribution in [0.25, 0.3) is 5.65 Å². The molecule has 1 unspecified atom stereocenters. The number of aromatic amines is 1. The molecule has 2 aromatic heterocycles.